The zero-order valence-electron chi connectivity index (χ0n) is 19.0. The molecule has 33 heavy (non-hydrogen) atoms. The quantitative estimate of drug-likeness (QED) is 0.331. The number of benzene rings is 3. The Morgan fingerprint density at radius 1 is 0.909 bits per heavy atom. The number of fused-ring (bicyclic) bond motifs is 1. The number of aromatic nitrogens is 2. The van der Waals surface area contributed by atoms with Crippen molar-refractivity contribution < 1.29 is 9.59 Å². The summed E-state index contributed by atoms with van der Waals surface area (Å²) >= 11 is 1.58. The van der Waals surface area contributed by atoms with Gasteiger partial charge in [0.1, 0.15) is 0 Å². The molecule has 3 aromatic carbocycles. The number of amides is 2. The molecule has 0 fully saturated rings. The average Bonchev–Trinajstić information content (AvgIpc) is 3.15. The number of nitrogens with one attached hydrogen (secondary N) is 3. The molecular weight excluding hydrogens is 432 g/mol. The Balaban J connectivity index is 1.46. The summed E-state index contributed by atoms with van der Waals surface area (Å²) in [5.41, 5.74) is 3.44. The highest BCUT2D eigenvalue weighted by molar-refractivity contribution is 7.99. The number of hydrogen-bond donors (Lipinski definition) is 3. The van der Waals surface area contributed by atoms with Crippen molar-refractivity contribution in [3.63, 3.8) is 0 Å². The van der Waals surface area contributed by atoms with Crippen molar-refractivity contribution in [2.24, 2.45) is 0 Å². The van der Waals surface area contributed by atoms with Crippen LogP contribution < -0.4 is 10.6 Å². The van der Waals surface area contributed by atoms with Crippen LogP contribution in [0.3, 0.4) is 0 Å². The summed E-state index contributed by atoms with van der Waals surface area (Å²) in [5.74, 6) is 0.224. The standard InChI is InChI=1S/C26H26N4O2S/c1-16(31)27-24-22-13-12-21(15-23(22)29-30-24)33-20-7-5-6-19(14-20)28-25(32)17-8-10-18(11-9-17)26(2,3)4/h5-15H,1-4H3,(H,28,32)(H2,27,29,30,31). The third kappa shape index (κ3) is 5.43. The van der Waals surface area contributed by atoms with E-state index in [1.165, 1.54) is 12.5 Å². The van der Waals surface area contributed by atoms with Crippen LogP contribution in [0.5, 0.6) is 0 Å². The fourth-order valence-electron chi connectivity index (χ4n) is 3.42. The zero-order chi connectivity index (χ0) is 23.6. The molecule has 2 amide bonds. The first kappa shape index (κ1) is 22.6. The number of anilines is 2. The van der Waals surface area contributed by atoms with Crippen LogP contribution in [-0.2, 0) is 10.2 Å². The van der Waals surface area contributed by atoms with Crippen LogP contribution in [0.1, 0.15) is 43.6 Å². The molecule has 0 aliphatic carbocycles. The SMILES string of the molecule is CC(=O)Nc1n[nH]c2cc(Sc3cccc(NC(=O)c4ccc(C(C)(C)C)cc4)c3)ccc12. The molecule has 0 aliphatic rings. The van der Waals surface area contributed by atoms with E-state index in [0.29, 0.717) is 11.4 Å². The van der Waals surface area contributed by atoms with Gasteiger partial charge in [-0.05, 0) is 59.5 Å². The zero-order valence-corrected chi connectivity index (χ0v) is 19.8. The highest BCUT2D eigenvalue weighted by atomic mass is 32.2. The predicted octanol–water partition coefficient (Wildman–Crippen LogP) is 6.22. The molecule has 0 bridgehead atoms. The lowest BCUT2D eigenvalue weighted by Gasteiger charge is -2.19. The minimum absolute atomic E-state index is 0.0469. The van der Waals surface area contributed by atoms with E-state index in [4.69, 9.17) is 0 Å². The smallest absolute Gasteiger partial charge is 0.255 e. The number of aromatic amines is 1. The van der Waals surface area contributed by atoms with Gasteiger partial charge in [0.15, 0.2) is 5.82 Å². The lowest BCUT2D eigenvalue weighted by Crippen LogP contribution is -2.14. The summed E-state index contributed by atoms with van der Waals surface area (Å²) in [5, 5.41) is 13.7. The van der Waals surface area contributed by atoms with Crippen LogP contribution in [0.15, 0.2) is 76.5 Å². The van der Waals surface area contributed by atoms with E-state index in [-0.39, 0.29) is 17.2 Å². The molecule has 4 aromatic rings. The van der Waals surface area contributed by atoms with Gasteiger partial charge in [-0.2, -0.15) is 5.10 Å². The number of H-pyrrole nitrogens is 1. The Morgan fingerprint density at radius 3 is 2.33 bits per heavy atom. The minimum Gasteiger partial charge on any atom is -0.322 e. The van der Waals surface area contributed by atoms with E-state index in [1.54, 1.807) is 11.8 Å². The van der Waals surface area contributed by atoms with Crippen molar-refractivity contribution in [2.45, 2.75) is 42.9 Å². The molecule has 0 radical (unpaired) electrons. The molecule has 0 atom stereocenters. The molecule has 1 aromatic heterocycles. The van der Waals surface area contributed by atoms with Crippen LogP contribution >= 0.6 is 11.8 Å². The van der Waals surface area contributed by atoms with Crippen molar-refractivity contribution in [3.05, 3.63) is 77.9 Å². The lowest BCUT2D eigenvalue weighted by molar-refractivity contribution is -0.114. The van der Waals surface area contributed by atoms with E-state index in [0.717, 1.165) is 26.4 Å². The molecule has 6 nitrogen and oxygen atoms in total. The highest BCUT2D eigenvalue weighted by Crippen LogP contribution is 2.32. The highest BCUT2D eigenvalue weighted by Gasteiger charge is 2.14. The molecule has 0 saturated carbocycles. The lowest BCUT2D eigenvalue weighted by atomic mass is 9.87. The van der Waals surface area contributed by atoms with Gasteiger partial charge in [0.05, 0.1) is 5.52 Å². The predicted molar refractivity (Wildman–Crippen MR) is 134 cm³/mol. The van der Waals surface area contributed by atoms with Crippen molar-refractivity contribution in [2.75, 3.05) is 10.6 Å². The Morgan fingerprint density at radius 2 is 1.64 bits per heavy atom. The van der Waals surface area contributed by atoms with Crippen LogP contribution in [0, 0.1) is 0 Å². The molecule has 7 heteroatoms. The molecule has 0 spiro atoms. The maximum Gasteiger partial charge on any atom is 0.255 e. The maximum atomic E-state index is 12.7. The monoisotopic (exact) mass is 458 g/mol. The van der Waals surface area contributed by atoms with Crippen LogP contribution in [0.25, 0.3) is 10.9 Å². The van der Waals surface area contributed by atoms with Gasteiger partial charge in [0.25, 0.3) is 5.91 Å². The Bertz CT molecular complexity index is 1320. The van der Waals surface area contributed by atoms with Gasteiger partial charge >= 0.3 is 0 Å². The van der Waals surface area contributed by atoms with Crippen molar-refractivity contribution in [1.29, 1.82) is 0 Å². The van der Waals surface area contributed by atoms with Crippen LogP contribution in [0.4, 0.5) is 11.5 Å². The van der Waals surface area contributed by atoms with E-state index >= 15 is 0 Å². The van der Waals surface area contributed by atoms with Gasteiger partial charge in [-0.15, -0.1) is 0 Å². The summed E-state index contributed by atoms with van der Waals surface area (Å²) < 4.78 is 0. The van der Waals surface area contributed by atoms with Gasteiger partial charge < -0.3 is 10.6 Å². The Labute approximate surface area is 197 Å². The van der Waals surface area contributed by atoms with E-state index in [1.807, 2.05) is 66.7 Å². The van der Waals surface area contributed by atoms with Crippen LogP contribution in [-0.4, -0.2) is 22.0 Å². The van der Waals surface area contributed by atoms with E-state index in [2.05, 4.69) is 41.6 Å². The summed E-state index contributed by atoms with van der Waals surface area (Å²) in [7, 11) is 0. The first-order chi connectivity index (χ1) is 15.7. The fraction of sp³-hybridized carbons (Fsp3) is 0.192. The molecule has 0 saturated heterocycles. The van der Waals surface area contributed by atoms with E-state index in [9.17, 15) is 9.59 Å². The second kappa shape index (κ2) is 9.11. The van der Waals surface area contributed by atoms with Crippen molar-refractivity contribution >= 4 is 46.0 Å². The normalized spacial score (nSPS) is 11.4. The molecule has 4 rings (SSSR count). The number of rotatable bonds is 5. The first-order valence-electron chi connectivity index (χ1n) is 10.6. The number of nitrogens with zero attached hydrogens (tertiary/aromatic N) is 1. The Hall–Kier alpha value is -3.58. The molecule has 3 N–H and O–H groups in total. The molecule has 0 unspecified atom stereocenters. The maximum absolute atomic E-state index is 12.7. The molecule has 1 heterocycles. The summed E-state index contributed by atoms with van der Waals surface area (Å²) in [6.07, 6.45) is 0. The topological polar surface area (TPSA) is 86.9 Å². The molecule has 0 aliphatic heterocycles. The van der Waals surface area contributed by atoms with Gasteiger partial charge in [0.2, 0.25) is 5.91 Å². The fourth-order valence-corrected chi connectivity index (χ4v) is 4.34. The van der Waals surface area contributed by atoms with E-state index < -0.39 is 0 Å². The van der Waals surface area contributed by atoms with Gasteiger partial charge in [-0.1, -0.05) is 50.7 Å². The second-order valence-corrected chi connectivity index (χ2v) is 10.0. The van der Waals surface area contributed by atoms with Gasteiger partial charge in [0, 0.05) is 33.4 Å². The molecular formula is C26H26N4O2S. The summed E-state index contributed by atoms with van der Waals surface area (Å²) in [6, 6.07) is 21.4. The van der Waals surface area contributed by atoms with Gasteiger partial charge in [-0.3, -0.25) is 14.7 Å². The largest absolute Gasteiger partial charge is 0.322 e. The van der Waals surface area contributed by atoms with Crippen LogP contribution in [0.2, 0.25) is 0 Å². The average molecular weight is 459 g/mol. The van der Waals surface area contributed by atoms with Crippen molar-refractivity contribution in [3.8, 4) is 0 Å². The van der Waals surface area contributed by atoms with Crippen molar-refractivity contribution in [1.82, 2.24) is 10.2 Å². The molecule has 168 valence electrons. The number of hydrogen-bond acceptors (Lipinski definition) is 4. The minimum atomic E-state index is -0.161. The summed E-state index contributed by atoms with van der Waals surface area (Å²) in [6.45, 7) is 7.91. The summed E-state index contributed by atoms with van der Waals surface area (Å²) in [4.78, 5) is 26.0. The van der Waals surface area contributed by atoms with Gasteiger partial charge in [-0.25, -0.2) is 0 Å². The number of carbonyl (C=O) groups excluding carboxylic acids is 2. The Kier molecular flexibility index (Phi) is 6.24. The third-order valence-corrected chi connectivity index (χ3v) is 6.15. The second-order valence-electron chi connectivity index (χ2n) is 8.87. The first-order valence-corrected chi connectivity index (χ1v) is 11.5. The number of carbonyl (C=O) groups is 2. The third-order valence-electron chi connectivity index (χ3n) is 5.17.